The average Bonchev–Trinajstić information content (AvgIpc) is 3.16. The molecular weight excluding hydrogens is 462 g/mol. The number of aliphatic imine (C=N–C) groups is 1. The van der Waals surface area contributed by atoms with Crippen LogP contribution >= 0.6 is 11.8 Å². The highest BCUT2D eigenvalue weighted by molar-refractivity contribution is 8.14. The molecule has 1 aliphatic rings. The van der Waals surface area contributed by atoms with Crippen LogP contribution in [0, 0.1) is 0 Å². The van der Waals surface area contributed by atoms with E-state index in [-0.39, 0.29) is 22.7 Å². The van der Waals surface area contributed by atoms with Gasteiger partial charge >= 0.3 is 0 Å². The molecule has 1 heterocycles. The van der Waals surface area contributed by atoms with Crippen LogP contribution in [0.25, 0.3) is 0 Å². The van der Waals surface area contributed by atoms with Crippen molar-refractivity contribution in [2.75, 3.05) is 33.9 Å². The summed E-state index contributed by atoms with van der Waals surface area (Å²) in [6.45, 7) is 4.93. The molecule has 0 spiro atoms. The SMILES string of the molecule is CCCOc1ccccc1OCC(=O)N1CC(C)SC1=Nc1cccc(S(=O)(=O)N(C)C)c1. The molecule has 1 aliphatic heterocycles. The summed E-state index contributed by atoms with van der Waals surface area (Å²) >= 11 is 1.47. The van der Waals surface area contributed by atoms with E-state index in [1.165, 1.54) is 38.0 Å². The number of carbonyl (C=O) groups excluding carboxylic acids is 1. The molecule has 1 saturated heterocycles. The minimum absolute atomic E-state index is 0.148. The lowest BCUT2D eigenvalue weighted by Gasteiger charge is -2.18. The monoisotopic (exact) mass is 491 g/mol. The van der Waals surface area contributed by atoms with Gasteiger partial charge < -0.3 is 9.47 Å². The van der Waals surface area contributed by atoms with E-state index in [4.69, 9.17) is 9.47 Å². The minimum atomic E-state index is -3.58. The maximum absolute atomic E-state index is 13.0. The molecule has 0 saturated carbocycles. The van der Waals surface area contributed by atoms with Crippen LogP contribution in [0.3, 0.4) is 0 Å². The number of ether oxygens (including phenoxy) is 2. The van der Waals surface area contributed by atoms with Crippen molar-refractivity contribution in [3.63, 3.8) is 0 Å². The number of hydrogen-bond donors (Lipinski definition) is 0. The molecule has 33 heavy (non-hydrogen) atoms. The van der Waals surface area contributed by atoms with Crippen molar-refractivity contribution in [3.05, 3.63) is 48.5 Å². The number of amides is 1. The second-order valence-corrected chi connectivity index (χ2v) is 11.3. The molecule has 2 aromatic carbocycles. The van der Waals surface area contributed by atoms with Crippen LogP contribution in [0.15, 0.2) is 58.4 Å². The van der Waals surface area contributed by atoms with Gasteiger partial charge in [-0.15, -0.1) is 0 Å². The molecule has 10 heteroatoms. The fourth-order valence-electron chi connectivity index (χ4n) is 3.06. The summed E-state index contributed by atoms with van der Waals surface area (Å²) in [5, 5.41) is 0.674. The van der Waals surface area contributed by atoms with E-state index < -0.39 is 10.0 Å². The predicted molar refractivity (Wildman–Crippen MR) is 131 cm³/mol. The summed E-state index contributed by atoms with van der Waals surface area (Å²) < 4.78 is 37.5. The number of nitrogens with zero attached hydrogens (tertiary/aromatic N) is 3. The Balaban J connectivity index is 1.76. The Hall–Kier alpha value is -2.56. The Morgan fingerprint density at radius 2 is 1.85 bits per heavy atom. The zero-order chi connectivity index (χ0) is 24.0. The van der Waals surface area contributed by atoms with Gasteiger partial charge in [-0.05, 0) is 36.8 Å². The predicted octanol–water partition coefficient (Wildman–Crippen LogP) is 3.76. The molecule has 178 valence electrons. The second kappa shape index (κ2) is 11.0. The Labute approximate surface area is 199 Å². The Morgan fingerprint density at radius 1 is 1.15 bits per heavy atom. The van der Waals surface area contributed by atoms with Gasteiger partial charge in [0.15, 0.2) is 23.3 Å². The molecule has 0 N–H and O–H groups in total. The number of para-hydroxylation sites is 2. The van der Waals surface area contributed by atoms with Crippen molar-refractivity contribution < 1.29 is 22.7 Å². The first kappa shape index (κ1) is 25.1. The summed E-state index contributed by atoms with van der Waals surface area (Å²) in [5.41, 5.74) is 0.464. The van der Waals surface area contributed by atoms with E-state index in [0.29, 0.717) is 35.5 Å². The summed E-state index contributed by atoms with van der Waals surface area (Å²) in [7, 11) is -0.618. The first-order valence-electron chi connectivity index (χ1n) is 10.6. The number of rotatable bonds is 9. The number of carbonyl (C=O) groups is 1. The lowest BCUT2D eigenvalue weighted by molar-refractivity contribution is -0.129. The highest BCUT2D eigenvalue weighted by atomic mass is 32.2. The Morgan fingerprint density at radius 3 is 2.52 bits per heavy atom. The number of sulfonamides is 1. The van der Waals surface area contributed by atoms with Crippen molar-refractivity contribution in [3.8, 4) is 11.5 Å². The molecule has 1 fully saturated rings. The minimum Gasteiger partial charge on any atom is -0.490 e. The van der Waals surface area contributed by atoms with E-state index in [1.54, 1.807) is 23.1 Å². The van der Waals surface area contributed by atoms with Crippen molar-refractivity contribution >= 4 is 38.5 Å². The summed E-state index contributed by atoms with van der Waals surface area (Å²) in [6.07, 6.45) is 0.868. The van der Waals surface area contributed by atoms with Gasteiger partial charge in [-0.1, -0.05) is 43.8 Å². The van der Waals surface area contributed by atoms with E-state index in [9.17, 15) is 13.2 Å². The first-order chi connectivity index (χ1) is 15.7. The Bertz CT molecular complexity index is 1120. The summed E-state index contributed by atoms with van der Waals surface area (Å²) in [5.74, 6) is 0.886. The van der Waals surface area contributed by atoms with Gasteiger partial charge in [-0.2, -0.15) is 0 Å². The molecular formula is C23H29N3O5S2. The highest BCUT2D eigenvalue weighted by Gasteiger charge is 2.31. The van der Waals surface area contributed by atoms with Gasteiger partial charge in [0.2, 0.25) is 10.0 Å². The van der Waals surface area contributed by atoms with Crippen LogP contribution in [0.5, 0.6) is 11.5 Å². The van der Waals surface area contributed by atoms with E-state index in [1.807, 2.05) is 32.0 Å². The molecule has 3 rings (SSSR count). The standard InChI is InChI=1S/C23H29N3O5S2/c1-5-13-30-20-11-6-7-12-21(20)31-16-22(27)26-15-17(2)32-23(26)24-18-9-8-10-19(14-18)33(28,29)25(3)4/h6-12,14,17H,5,13,15-16H2,1-4H3. The molecule has 0 radical (unpaired) electrons. The van der Waals surface area contributed by atoms with Crippen LogP contribution in [0.1, 0.15) is 20.3 Å². The van der Waals surface area contributed by atoms with Crippen molar-refractivity contribution in [2.24, 2.45) is 4.99 Å². The topological polar surface area (TPSA) is 88.5 Å². The third-order valence-corrected chi connectivity index (χ3v) is 7.65. The third-order valence-electron chi connectivity index (χ3n) is 4.76. The van der Waals surface area contributed by atoms with Crippen molar-refractivity contribution in [1.29, 1.82) is 0 Å². The van der Waals surface area contributed by atoms with E-state index in [2.05, 4.69) is 4.99 Å². The molecule has 0 aliphatic carbocycles. The molecule has 0 aromatic heterocycles. The fraction of sp³-hybridized carbons (Fsp3) is 0.391. The van der Waals surface area contributed by atoms with E-state index in [0.717, 1.165) is 10.7 Å². The summed E-state index contributed by atoms with van der Waals surface area (Å²) in [6, 6.07) is 13.6. The van der Waals surface area contributed by atoms with Crippen LogP contribution in [-0.2, 0) is 14.8 Å². The van der Waals surface area contributed by atoms with Crippen LogP contribution in [0.2, 0.25) is 0 Å². The maximum Gasteiger partial charge on any atom is 0.266 e. The van der Waals surface area contributed by atoms with Crippen molar-refractivity contribution in [1.82, 2.24) is 9.21 Å². The third kappa shape index (κ3) is 6.27. The normalized spacial score (nSPS) is 17.5. The van der Waals surface area contributed by atoms with Crippen LogP contribution in [-0.4, -0.2) is 67.8 Å². The van der Waals surface area contributed by atoms with Gasteiger partial charge in [0.1, 0.15) is 0 Å². The highest BCUT2D eigenvalue weighted by Crippen LogP contribution is 2.30. The largest absolute Gasteiger partial charge is 0.490 e. The zero-order valence-electron chi connectivity index (χ0n) is 19.2. The van der Waals surface area contributed by atoms with Gasteiger partial charge in [0, 0.05) is 25.9 Å². The quantitative estimate of drug-likeness (QED) is 0.531. The van der Waals surface area contributed by atoms with Gasteiger partial charge in [0.25, 0.3) is 5.91 Å². The molecule has 1 unspecified atom stereocenters. The van der Waals surface area contributed by atoms with Gasteiger partial charge in [0.05, 0.1) is 17.2 Å². The lowest BCUT2D eigenvalue weighted by Crippen LogP contribution is -2.36. The lowest BCUT2D eigenvalue weighted by atomic mass is 10.3. The number of amidine groups is 1. The molecule has 1 amide bonds. The molecule has 0 bridgehead atoms. The number of hydrogen-bond acceptors (Lipinski definition) is 7. The van der Waals surface area contributed by atoms with Crippen LogP contribution in [0.4, 0.5) is 5.69 Å². The van der Waals surface area contributed by atoms with Crippen molar-refractivity contribution in [2.45, 2.75) is 30.4 Å². The van der Waals surface area contributed by atoms with Crippen LogP contribution < -0.4 is 9.47 Å². The first-order valence-corrected chi connectivity index (χ1v) is 13.0. The molecule has 2 aromatic rings. The summed E-state index contributed by atoms with van der Waals surface area (Å²) in [4.78, 5) is 19.3. The second-order valence-electron chi connectivity index (χ2n) is 7.70. The fourth-order valence-corrected chi connectivity index (χ4v) is 5.05. The number of benzene rings is 2. The number of thioether (sulfide) groups is 1. The molecule has 8 nitrogen and oxygen atoms in total. The zero-order valence-corrected chi connectivity index (χ0v) is 20.9. The Kier molecular flexibility index (Phi) is 8.39. The van der Waals surface area contributed by atoms with Gasteiger partial charge in [-0.3, -0.25) is 9.69 Å². The average molecular weight is 492 g/mol. The van der Waals surface area contributed by atoms with E-state index >= 15 is 0 Å². The molecule has 1 atom stereocenters. The maximum atomic E-state index is 13.0. The smallest absolute Gasteiger partial charge is 0.266 e. The van der Waals surface area contributed by atoms with Gasteiger partial charge in [-0.25, -0.2) is 17.7 Å².